The molecule has 3 aromatic carbocycles. The molecule has 3 aromatic rings. The summed E-state index contributed by atoms with van der Waals surface area (Å²) in [5, 5.41) is 14.2. The van der Waals surface area contributed by atoms with Crippen molar-refractivity contribution in [3.05, 3.63) is 80.8 Å². The lowest BCUT2D eigenvalue weighted by Gasteiger charge is -2.13. The van der Waals surface area contributed by atoms with Gasteiger partial charge in [-0.3, -0.25) is 4.79 Å². The lowest BCUT2D eigenvalue weighted by atomic mass is 9.98. The molecule has 1 amide bonds. The van der Waals surface area contributed by atoms with E-state index in [2.05, 4.69) is 5.32 Å². The molecule has 0 unspecified atom stereocenters. The number of carbonyl (C=O) groups excluding carboxylic acids is 1. The lowest BCUT2D eigenvalue weighted by molar-refractivity contribution is -0.122. The van der Waals surface area contributed by atoms with Crippen LogP contribution in [0.15, 0.2) is 54.6 Å². The average molecular weight is 451 g/mol. The van der Waals surface area contributed by atoms with Gasteiger partial charge in [-0.2, -0.15) is 0 Å². The predicted molar refractivity (Wildman–Crippen MR) is 117 cm³/mol. The van der Waals surface area contributed by atoms with Gasteiger partial charge in [0.1, 0.15) is 11.5 Å². The van der Waals surface area contributed by atoms with Crippen LogP contribution >= 0.6 is 34.8 Å². The molecular weight excluding hydrogens is 433 g/mol. The van der Waals surface area contributed by atoms with E-state index in [1.807, 2.05) is 24.3 Å². The number of carbonyl (C=O) groups is 1. The number of likely N-dealkylation sites (N-methyl/N-ethyl adjacent to an activating group) is 1. The van der Waals surface area contributed by atoms with Crippen LogP contribution in [-0.4, -0.2) is 24.7 Å². The summed E-state index contributed by atoms with van der Waals surface area (Å²) in [7, 11) is 1.53. The van der Waals surface area contributed by atoms with Crippen molar-refractivity contribution < 1.29 is 14.6 Å². The van der Waals surface area contributed by atoms with Crippen LogP contribution in [0.2, 0.25) is 15.1 Å². The minimum atomic E-state index is -0.251. The summed E-state index contributed by atoms with van der Waals surface area (Å²) in [6, 6.07) is 15.9. The van der Waals surface area contributed by atoms with Crippen LogP contribution in [0.4, 0.5) is 0 Å². The number of aromatic hydroxyl groups is 1. The highest BCUT2D eigenvalue weighted by molar-refractivity contribution is 6.36. The van der Waals surface area contributed by atoms with Gasteiger partial charge < -0.3 is 15.2 Å². The van der Waals surface area contributed by atoms with Gasteiger partial charge in [0, 0.05) is 34.1 Å². The van der Waals surface area contributed by atoms with Crippen LogP contribution in [0.1, 0.15) is 11.1 Å². The summed E-state index contributed by atoms with van der Waals surface area (Å²) in [5.74, 6) is 0.322. The molecule has 0 heterocycles. The van der Waals surface area contributed by atoms with E-state index in [1.54, 1.807) is 30.3 Å². The maximum absolute atomic E-state index is 11.3. The zero-order chi connectivity index (χ0) is 21.0. The number of ether oxygens (including phenoxy) is 1. The number of amides is 1. The number of phenolic OH excluding ortho intramolecular Hbond substituents is 1. The van der Waals surface area contributed by atoms with Crippen LogP contribution in [0.5, 0.6) is 11.5 Å². The zero-order valence-electron chi connectivity index (χ0n) is 15.5. The van der Waals surface area contributed by atoms with Gasteiger partial charge in [0.05, 0.1) is 0 Å². The Morgan fingerprint density at radius 3 is 2.41 bits per heavy atom. The second-order valence-electron chi connectivity index (χ2n) is 6.37. The molecule has 0 aliphatic carbocycles. The molecule has 0 fully saturated rings. The Hall–Kier alpha value is -2.40. The molecule has 4 nitrogen and oxygen atoms in total. The number of phenols is 1. The van der Waals surface area contributed by atoms with E-state index in [0.717, 1.165) is 16.7 Å². The SMILES string of the molecule is CNC(=O)COc1cc(Cl)c(Cc2ccc(O)c(-c3cccc(Cl)c3)c2)c(Cl)c1. The highest BCUT2D eigenvalue weighted by Crippen LogP contribution is 2.35. The molecule has 0 saturated carbocycles. The fraction of sp³-hybridized carbons (Fsp3) is 0.136. The first-order valence-electron chi connectivity index (χ1n) is 8.76. The van der Waals surface area contributed by atoms with Gasteiger partial charge in [-0.05, 0) is 53.1 Å². The first-order chi connectivity index (χ1) is 13.9. The minimum Gasteiger partial charge on any atom is -0.507 e. The molecule has 3 rings (SSSR count). The third-order valence-electron chi connectivity index (χ3n) is 4.34. The molecular formula is C22H18Cl3NO3. The molecule has 0 aromatic heterocycles. The Balaban J connectivity index is 1.86. The summed E-state index contributed by atoms with van der Waals surface area (Å²) < 4.78 is 5.40. The van der Waals surface area contributed by atoms with Crippen LogP contribution in [0, 0.1) is 0 Å². The molecule has 0 aliphatic rings. The Labute approximate surface area is 184 Å². The summed E-state index contributed by atoms with van der Waals surface area (Å²) in [4.78, 5) is 11.3. The van der Waals surface area contributed by atoms with Gasteiger partial charge in [0.15, 0.2) is 6.61 Å². The first kappa shape index (κ1) is 21.3. The maximum atomic E-state index is 11.3. The zero-order valence-corrected chi connectivity index (χ0v) is 17.8. The molecule has 29 heavy (non-hydrogen) atoms. The minimum absolute atomic E-state index is 0.122. The quantitative estimate of drug-likeness (QED) is 0.504. The second kappa shape index (κ2) is 9.40. The van der Waals surface area contributed by atoms with Crippen molar-refractivity contribution in [3.8, 4) is 22.6 Å². The van der Waals surface area contributed by atoms with Gasteiger partial charge in [-0.1, -0.05) is 53.0 Å². The molecule has 0 aliphatic heterocycles. The molecule has 0 atom stereocenters. The highest BCUT2D eigenvalue weighted by Gasteiger charge is 2.13. The lowest BCUT2D eigenvalue weighted by Crippen LogP contribution is -2.24. The Morgan fingerprint density at radius 1 is 1.03 bits per heavy atom. The summed E-state index contributed by atoms with van der Waals surface area (Å²) in [6.07, 6.45) is 0.460. The van der Waals surface area contributed by atoms with E-state index in [9.17, 15) is 9.90 Å². The van der Waals surface area contributed by atoms with Crippen molar-refractivity contribution in [2.45, 2.75) is 6.42 Å². The molecule has 7 heteroatoms. The normalized spacial score (nSPS) is 10.6. The van der Waals surface area contributed by atoms with Crippen LogP contribution in [0.3, 0.4) is 0 Å². The maximum Gasteiger partial charge on any atom is 0.257 e. The number of rotatable bonds is 6. The number of halogens is 3. The van der Waals surface area contributed by atoms with Crippen LogP contribution < -0.4 is 10.1 Å². The fourth-order valence-electron chi connectivity index (χ4n) is 2.84. The molecule has 0 bridgehead atoms. The number of hydrogen-bond acceptors (Lipinski definition) is 3. The summed E-state index contributed by atoms with van der Waals surface area (Å²) in [6.45, 7) is -0.122. The van der Waals surface area contributed by atoms with Gasteiger partial charge in [0.2, 0.25) is 0 Å². The van der Waals surface area contributed by atoms with Crippen LogP contribution in [-0.2, 0) is 11.2 Å². The van der Waals surface area contributed by atoms with E-state index < -0.39 is 0 Å². The standard InChI is InChI=1S/C22H18Cl3NO3/c1-26-22(28)12-29-16-10-19(24)18(20(25)11-16)8-13-5-6-21(27)17(7-13)14-3-2-4-15(23)9-14/h2-7,9-11,27H,8,12H2,1H3,(H,26,28). The van der Waals surface area contributed by atoms with E-state index in [-0.39, 0.29) is 18.3 Å². The molecule has 0 saturated heterocycles. The molecule has 0 spiro atoms. The number of hydrogen-bond donors (Lipinski definition) is 2. The van der Waals surface area contributed by atoms with E-state index in [0.29, 0.717) is 32.8 Å². The summed E-state index contributed by atoms with van der Waals surface area (Å²) in [5.41, 5.74) is 3.12. The van der Waals surface area contributed by atoms with Gasteiger partial charge >= 0.3 is 0 Å². The van der Waals surface area contributed by atoms with Crippen molar-refractivity contribution >= 4 is 40.7 Å². The second-order valence-corrected chi connectivity index (χ2v) is 7.62. The number of benzene rings is 3. The topological polar surface area (TPSA) is 58.6 Å². The van der Waals surface area contributed by atoms with E-state index >= 15 is 0 Å². The Bertz CT molecular complexity index is 1030. The van der Waals surface area contributed by atoms with Crippen molar-refractivity contribution in [2.75, 3.05) is 13.7 Å². The van der Waals surface area contributed by atoms with Crippen molar-refractivity contribution in [2.24, 2.45) is 0 Å². The van der Waals surface area contributed by atoms with Crippen LogP contribution in [0.25, 0.3) is 11.1 Å². The van der Waals surface area contributed by atoms with Crippen molar-refractivity contribution in [1.29, 1.82) is 0 Å². The van der Waals surface area contributed by atoms with E-state index in [4.69, 9.17) is 39.5 Å². The molecule has 2 N–H and O–H groups in total. The molecule has 0 radical (unpaired) electrons. The largest absolute Gasteiger partial charge is 0.507 e. The van der Waals surface area contributed by atoms with Gasteiger partial charge in [0.25, 0.3) is 5.91 Å². The fourth-order valence-corrected chi connectivity index (χ4v) is 3.63. The highest BCUT2D eigenvalue weighted by atomic mass is 35.5. The average Bonchev–Trinajstić information content (AvgIpc) is 2.70. The smallest absolute Gasteiger partial charge is 0.257 e. The third kappa shape index (κ3) is 5.36. The van der Waals surface area contributed by atoms with Crippen molar-refractivity contribution in [1.82, 2.24) is 5.32 Å². The third-order valence-corrected chi connectivity index (χ3v) is 5.25. The first-order valence-corrected chi connectivity index (χ1v) is 9.90. The van der Waals surface area contributed by atoms with E-state index in [1.165, 1.54) is 7.05 Å². The predicted octanol–water partition coefficient (Wildman–Crippen LogP) is 5.74. The van der Waals surface area contributed by atoms with Gasteiger partial charge in [-0.25, -0.2) is 0 Å². The monoisotopic (exact) mass is 449 g/mol. The Morgan fingerprint density at radius 2 is 1.76 bits per heavy atom. The van der Waals surface area contributed by atoms with Gasteiger partial charge in [-0.15, -0.1) is 0 Å². The summed E-state index contributed by atoms with van der Waals surface area (Å²) >= 11 is 18.9. The Kier molecular flexibility index (Phi) is 6.91. The molecule has 150 valence electrons. The number of nitrogens with one attached hydrogen (secondary N) is 1. The van der Waals surface area contributed by atoms with Crippen molar-refractivity contribution in [3.63, 3.8) is 0 Å².